The number of aliphatic hydroxyl groups excluding tert-OH is 1. The Balaban J connectivity index is 1.26. The Morgan fingerprint density at radius 2 is 1.85 bits per heavy atom. The highest BCUT2D eigenvalue weighted by Gasteiger charge is 2.45. The van der Waals surface area contributed by atoms with Crippen LogP contribution in [-0.2, 0) is 32.2 Å². The zero-order chi connectivity index (χ0) is 34.2. The van der Waals surface area contributed by atoms with E-state index >= 15 is 0 Å². The predicted molar refractivity (Wildman–Crippen MR) is 191 cm³/mol. The van der Waals surface area contributed by atoms with Crippen molar-refractivity contribution in [3.05, 3.63) is 70.4 Å². The Kier molecular flexibility index (Phi) is 12.8. The van der Waals surface area contributed by atoms with Gasteiger partial charge in [-0.1, -0.05) is 66.8 Å². The zero-order valence-electron chi connectivity index (χ0n) is 27.5. The summed E-state index contributed by atoms with van der Waals surface area (Å²) >= 11 is 3.81. The van der Waals surface area contributed by atoms with Crippen LogP contribution >= 0.6 is 33.9 Å². The van der Waals surface area contributed by atoms with Crippen molar-refractivity contribution in [3.8, 4) is 16.2 Å². The van der Waals surface area contributed by atoms with E-state index in [2.05, 4.69) is 32.9 Å². The fourth-order valence-corrected chi connectivity index (χ4v) is 7.31. The van der Waals surface area contributed by atoms with Gasteiger partial charge in [-0.2, -0.15) is 0 Å². The maximum atomic E-state index is 14.1. The largest absolute Gasteiger partial charge is 0.491 e. The topological polar surface area (TPSA) is 131 Å². The van der Waals surface area contributed by atoms with Crippen LogP contribution in [0.1, 0.15) is 47.4 Å². The molecule has 258 valence electrons. The third kappa shape index (κ3) is 8.54. The number of hydrogen-bond donors (Lipinski definition) is 2. The average Bonchev–Trinajstić information content (AvgIpc) is 3.78. The predicted octanol–water partition coefficient (Wildman–Crippen LogP) is 4.22. The van der Waals surface area contributed by atoms with Crippen molar-refractivity contribution in [2.24, 2.45) is 5.92 Å². The SMILES string of the molecule is Cc1ncsc1-c1ccc(CNC(=O)[C@@H]2C[C@@H](O)CN2C(=O)C(C(C)C)N2Cc3ccccc3C2=O)c(OCCOCCOCCI)c1. The van der Waals surface area contributed by atoms with Gasteiger partial charge in [0.15, 0.2) is 0 Å². The molecule has 48 heavy (non-hydrogen) atoms. The standard InChI is InChI=1S/C35H43IN4O7S/c1-22(2)31(40-19-26-6-4-5-7-28(26)34(40)43)35(44)39-20-27(41)17-29(39)33(42)37-18-25-9-8-24(32-23(3)38-21-48-32)16-30(25)47-15-14-46-13-12-45-11-10-36/h4-9,16,21-22,27,29,31,41H,10-15,17-20H2,1-3H3,(H,37,42)/t27-,29+,31?/m1/s1. The van der Waals surface area contributed by atoms with Crippen molar-refractivity contribution < 1.29 is 33.7 Å². The molecule has 1 aromatic heterocycles. The van der Waals surface area contributed by atoms with Gasteiger partial charge in [0, 0.05) is 41.6 Å². The first-order chi connectivity index (χ1) is 23.2. The van der Waals surface area contributed by atoms with Crippen LogP contribution in [0.4, 0.5) is 0 Å². The number of fused-ring (bicyclic) bond motifs is 1. The fraction of sp³-hybridized carbons (Fsp3) is 0.486. The molecule has 0 radical (unpaired) electrons. The van der Waals surface area contributed by atoms with Crippen molar-refractivity contribution in [1.82, 2.24) is 20.1 Å². The van der Waals surface area contributed by atoms with Gasteiger partial charge in [0.2, 0.25) is 11.8 Å². The number of aliphatic hydroxyl groups is 1. The molecule has 3 heterocycles. The van der Waals surface area contributed by atoms with Crippen molar-refractivity contribution in [3.63, 3.8) is 0 Å². The van der Waals surface area contributed by atoms with E-state index in [0.717, 1.165) is 31.7 Å². The molecule has 1 fully saturated rings. The second-order valence-electron chi connectivity index (χ2n) is 12.2. The molecule has 1 unspecified atom stereocenters. The van der Waals surface area contributed by atoms with Gasteiger partial charge >= 0.3 is 0 Å². The lowest BCUT2D eigenvalue weighted by atomic mass is 10.0. The molecule has 11 nitrogen and oxygen atoms in total. The first kappa shape index (κ1) is 36.2. The van der Waals surface area contributed by atoms with Gasteiger partial charge in [-0.15, -0.1) is 11.3 Å². The summed E-state index contributed by atoms with van der Waals surface area (Å²) in [7, 11) is 0. The third-order valence-electron chi connectivity index (χ3n) is 8.54. The number of aromatic nitrogens is 1. The lowest BCUT2D eigenvalue weighted by Crippen LogP contribution is -2.55. The summed E-state index contributed by atoms with van der Waals surface area (Å²) in [4.78, 5) is 49.5. The Bertz CT molecular complexity index is 1580. The second kappa shape index (κ2) is 17.0. The zero-order valence-corrected chi connectivity index (χ0v) is 30.5. The monoisotopic (exact) mass is 790 g/mol. The fourth-order valence-electron chi connectivity index (χ4n) is 6.20. The molecular formula is C35H43IN4O7S. The van der Waals surface area contributed by atoms with Crippen LogP contribution in [0.2, 0.25) is 0 Å². The van der Waals surface area contributed by atoms with Gasteiger partial charge < -0.3 is 34.4 Å². The number of rotatable bonds is 16. The van der Waals surface area contributed by atoms with Crippen LogP contribution in [0, 0.1) is 12.8 Å². The lowest BCUT2D eigenvalue weighted by Gasteiger charge is -2.35. The van der Waals surface area contributed by atoms with Crippen LogP contribution in [0.3, 0.4) is 0 Å². The van der Waals surface area contributed by atoms with Gasteiger partial charge in [0.25, 0.3) is 5.91 Å². The Morgan fingerprint density at radius 3 is 2.56 bits per heavy atom. The first-order valence-corrected chi connectivity index (χ1v) is 18.6. The summed E-state index contributed by atoms with van der Waals surface area (Å²) in [5.74, 6) is -0.503. The molecule has 13 heteroatoms. The van der Waals surface area contributed by atoms with Crippen LogP contribution in [0.25, 0.3) is 10.4 Å². The van der Waals surface area contributed by atoms with E-state index in [9.17, 15) is 19.5 Å². The molecule has 3 atom stereocenters. The van der Waals surface area contributed by atoms with Crippen molar-refractivity contribution >= 4 is 51.6 Å². The van der Waals surface area contributed by atoms with Crippen molar-refractivity contribution in [2.45, 2.75) is 58.5 Å². The van der Waals surface area contributed by atoms with Crippen LogP contribution in [0.15, 0.2) is 48.0 Å². The van der Waals surface area contributed by atoms with E-state index in [1.807, 2.05) is 57.2 Å². The third-order valence-corrected chi connectivity index (χ3v) is 9.96. The minimum atomic E-state index is -0.875. The number of nitrogens with one attached hydrogen (secondary N) is 1. The molecule has 2 N–H and O–H groups in total. The molecule has 0 spiro atoms. The van der Waals surface area contributed by atoms with E-state index < -0.39 is 18.2 Å². The number of thiazole rings is 1. The Morgan fingerprint density at radius 1 is 1.10 bits per heavy atom. The maximum absolute atomic E-state index is 14.1. The summed E-state index contributed by atoms with van der Waals surface area (Å²) in [6, 6.07) is 11.5. The van der Waals surface area contributed by atoms with Crippen LogP contribution < -0.4 is 10.1 Å². The Labute approximate surface area is 299 Å². The highest BCUT2D eigenvalue weighted by molar-refractivity contribution is 14.1. The molecule has 3 amide bonds. The number of ether oxygens (including phenoxy) is 3. The highest BCUT2D eigenvalue weighted by Crippen LogP contribution is 2.33. The lowest BCUT2D eigenvalue weighted by molar-refractivity contribution is -0.143. The molecule has 3 aromatic rings. The van der Waals surface area contributed by atoms with E-state index in [4.69, 9.17) is 14.2 Å². The Hall–Kier alpha value is -3.11. The first-order valence-electron chi connectivity index (χ1n) is 16.2. The number of amides is 3. The van der Waals surface area contributed by atoms with E-state index in [1.165, 1.54) is 4.90 Å². The van der Waals surface area contributed by atoms with E-state index in [1.54, 1.807) is 27.8 Å². The molecule has 0 bridgehead atoms. The molecule has 2 aliphatic heterocycles. The number of halogens is 1. The van der Waals surface area contributed by atoms with Gasteiger partial charge in [-0.3, -0.25) is 14.4 Å². The number of carbonyl (C=O) groups excluding carboxylic acids is 3. The summed E-state index contributed by atoms with van der Waals surface area (Å²) in [5.41, 5.74) is 5.91. The van der Waals surface area contributed by atoms with Crippen LogP contribution in [-0.4, -0.2) is 99.8 Å². The van der Waals surface area contributed by atoms with Crippen molar-refractivity contribution in [1.29, 1.82) is 0 Å². The number of aryl methyl sites for hydroxylation is 1. The maximum Gasteiger partial charge on any atom is 0.255 e. The van der Waals surface area contributed by atoms with Gasteiger partial charge in [0.1, 0.15) is 24.4 Å². The quantitative estimate of drug-likeness (QED) is 0.125. The normalized spacial score (nSPS) is 18.0. The molecule has 0 saturated carbocycles. The minimum absolute atomic E-state index is 0.0233. The number of β-amino-alcohol motifs (C(OH)–C–C–N with tert-alkyl or cyclic N) is 1. The number of hydrogen-bond acceptors (Lipinski definition) is 9. The number of nitrogens with zero attached hydrogens (tertiary/aromatic N) is 3. The highest BCUT2D eigenvalue weighted by atomic mass is 127. The smallest absolute Gasteiger partial charge is 0.255 e. The summed E-state index contributed by atoms with van der Waals surface area (Å²) in [6.07, 6.45) is -0.737. The number of likely N-dealkylation sites (tertiary alicyclic amines) is 1. The van der Waals surface area contributed by atoms with Gasteiger partial charge in [-0.25, -0.2) is 4.98 Å². The molecular weight excluding hydrogens is 747 g/mol. The minimum Gasteiger partial charge on any atom is -0.491 e. The number of benzene rings is 2. The average molecular weight is 791 g/mol. The van der Waals surface area contributed by atoms with Gasteiger partial charge in [-0.05, 0) is 36.1 Å². The summed E-state index contributed by atoms with van der Waals surface area (Å²) in [6.45, 7) is 8.63. The van der Waals surface area contributed by atoms with Gasteiger partial charge in [0.05, 0.1) is 48.6 Å². The summed E-state index contributed by atoms with van der Waals surface area (Å²) in [5, 5.41) is 13.6. The molecule has 2 aliphatic rings. The number of alkyl halides is 1. The molecule has 0 aliphatic carbocycles. The second-order valence-corrected chi connectivity index (χ2v) is 14.2. The van der Waals surface area contributed by atoms with E-state index in [-0.39, 0.29) is 43.1 Å². The number of carbonyl (C=O) groups is 3. The molecule has 5 rings (SSSR count). The molecule has 2 aromatic carbocycles. The van der Waals surface area contributed by atoms with Crippen LogP contribution in [0.5, 0.6) is 5.75 Å². The summed E-state index contributed by atoms with van der Waals surface area (Å²) < 4.78 is 18.2. The molecule has 1 saturated heterocycles. The van der Waals surface area contributed by atoms with E-state index in [0.29, 0.717) is 50.9 Å². The van der Waals surface area contributed by atoms with Crippen molar-refractivity contribution in [2.75, 3.05) is 44.0 Å².